The molecule has 0 bridgehead atoms. The molecule has 1 aromatic carbocycles. The van der Waals surface area contributed by atoms with Crippen molar-refractivity contribution in [2.45, 2.75) is 0 Å². The number of para-hydroxylation sites is 1. The molecule has 13 heteroatoms. The van der Waals surface area contributed by atoms with Gasteiger partial charge in [-0.2, -0.15) is 0 Å². The molecular formula is C30H55NO12. The van der Waals surface area contributed by atoms with E-state index < -0.39 is 0 Å². The van der Waals surface area contributed by atoms with Crippen LogP contribution in [0, 0.1) is 0 Å². The Morgan fingerprint density at radius 1 is 0.302 bits per heavy atom. The van der Waals surface area contributed by atoms with E-state index in [0.29, 0.717) is 159 Å². The van der Waals surface area contributed by atoms with Gasteiger partial charge in [-0.15, -0.1) is 0 Å². The van der Waals surface area contributed by atoms with Crippen molar-refractivity contribution in [1.29, 1.82) is 0 Å². The normalized spacial score (nSPS) is 11.4. The molecule has 0 aromatic heterocycles. The summed E-state index contributed by atoms with van der Waals surface area (Å²) < 4.78 is 65.3. The summed E-state index contributed by atoms with van der Waals surface area (Å²) in [6, 6.07) is 9.67. The smallest absolute Gasteiger partial charge is 0.119 e. The lowest BCUT2D eigenvalue weighted by Gasteiger charge is -2.09. The number of benzene rings is 1. The largest absolute Gasteiger partial charge is 0.491 e. The van der Waals surface area contributed by atoms with Crippen LogP contribution in [-0.4, -0.2) is 159 Å². The Hall–Kier alpha value is -1.46. The van der Waals surface area contributed by atoms with Gasteiger partial charge in [-0.25, -0.2) is 0 Å². The third kappa shape index (κ3) is 31.8. The quantitative estimate of drug-likeness (QED) is 0.108. The van der Waals surface area contributed by atoms with E-state index in [1.165, 1.54) is 0 Å². The fourth-order valence-electron chi connectivity index (χ4n) is 3.12. The lowest BCUT2D eigenvalue weighted by molar-refractivity contribution is -0.0276. The molecule has 0 radical (unpaired) electrons. The van der Waals surface area contributed by atoms with E-state index >= 15 is 0 Å². The first-order valence-corrected chi connectivity index (χ1v) is 15.2. The minimum atomic E-state index is 0.511. The number of ether oxygens (including phenoxy) is 12. The van der Waals surface area contributed by atoms with Gasteiger partial charge in [-0.1, -0.05) is 18.2 Å². The van der Waals surface area contributed by atoms with Gasteiger partial charge < -0.3 is 62.6 Å². The Morgan fingerprint density at radius 2 is 0.535 bits per heavy atom. The van der Waals surface area contributed by atoms with Gasteiger partial charge in [-0.05, 0) is 12.1 Å². The molecular weight excluding hydrogens is 566 g/mol. The van der Waals surface area contributed by atoms with E-state index in [1.54, 1.807) is 0 Å². The summed E-state index contributed by atoms with van der Waals surface area (Å²) in [6.45, 7) is 12.5. The zero-order valence-electron chi connectivity index (χ0n) is 25.8. The van der Waals surface area contributed by atoms with Crippen LogP contribution in [0.15, 0.2) is 30.3 Å². The van der Waals surface area contributed by atoms with E-state index in [9.17, 15) is 0 Å². The van der Waals surface area contributed by atoms with Gasteiger partial charge in [0.25, 0.3) is 0 Å². The summed E-state index contributed by atoms with van der Waals surface area (Å²) in [5.74, 6) is 0.844. The number of nitrogens with two attached hydrogens (primary N) is 1. The Morgan fingerprint density at radius 3 is 0.791 bits per heavy atom. The standard InChI is InChI=1S/C30H55NO12/c31-6-7-32-8-9-33-10-11-34-12-13-35-14-15-36-16-17-37-18-19-38-20-21-39-22-23-40-24-25-41-26-27-42-28-29-43-30-4-2-1-3-5-30/h1-5H,6-29,31H2. The van der Waals surface area contributed by atoms with Gasteiger partial charge in [0, 0.05) is 6.54 Å². The topological polar surface area (TPSA) is 137 Å². The minimum absolute atomic E-state index is 0.511. The number of hydrogen-bond donors (Lipinski definition) is 1. The van der Waals surface area contributed by atoms with E-state index in [0.717, 1.165) is 5.75 Å². The lowest BCUT2D eigenvalue weighted by Crippen LogP contribution is -2.16. The maximum Gasteiger partial charge on any atom is 0.119 e. The third-order valence-electron chi connectivity index (χ3n) is 5.22. The van der Waals surface area contributed by atoms with Gasteiger partial charge in [-0.3, -0.25) is 0 Å². The SMILES string of the molecule is NCCOCCOCCOCCOCCOCCOCCOCCOCCOCCOCCOCCOc1ccccc1. The Labute approximate surface area is 257 Å². The van der Waals surface area contributed by atoms with Crippen molar-refractivity contribution in [3.05, 3.63) is 30.3 Å². The molecule has 43 heavy (non-hydrogen) atoms. The van der Waals surface area contributed by atoms with Gasteiger partial charge >= 0.3 is 0 Å². The molecule has 0 aliphatic heterocycles. The number of rotatable bonds is 36. The van der Waals surface area contributed by atoms with Crippen LogP contribution >= 0.6 is 0 Å². The molecule has 0 aliphatic carbocycles. The van der Waals surface area contributed by atoms with Crippen molar-refractivity contribution in [2.75, 3.05) is 159 Å². The van der Waals surface area contributed by atoms with E-state index in [1.807, 2.05) is 30.3 Å². The zero-order chi connectivity index (χ0) is 30.6. The van der Waals surface area contributed by atoms with Crippen LogP contribution in [0.25, 0.3) is 0 Å². The minimum Gasteiger partial charge on any atom is -0.491 e. The van der Waals surface area contributed by atoms with Crippen LogP contribution in [0.4, 0.5) is 0 Å². The second-order valence-corrected chi connectivity index (χ2v) is 8.69. The molecule has 0 heterocycles. The first-order chi connectivity index (χ1) is 21.4. The molecule has 0 aliphatic rings. The summed E-state index contributed by atoms with van der Waals surface area (Å²) in [6.07, 6.45) is 0. The summed E-state index contributed by atoms with van der Waals surface area (Å²) >= 11 is 0. The predicted molar refractivity (Wildman–Crippen MR) is 160 cm³/mol. The molecule has 0 saturated heterocycles. The Bertz CT molecular complexity index is 647. The van der Waals surface area contributed by atoms with Crippen molar-refractivity contribution in [1.82, 2.24) is 0 Å². The highest BCUT2D eigenvalue weighted by molar-refractivity contribution is 5.20. The zero-order valence-corrected chi connectivity index (χ0v) is 25.8. The van der Waals surface area contributed by atoms with E-state index in [2.05, 4.69) is 0 Å². The molecule has 0 fully saturated rings. The van der Waals surface area contributed by atoms with E-state index in [-0.39, 0.29) is 0 Å². The van der Waals surface area contributed by atoms with Gasteiger partial charge in [0.1, 0.15) is 12.4 Å². The monoisotopic (exact) mass is 621 g/mol. The van der Waals surface area contributed by atoms with Gasteiger partial charge in [0.05, 0.1) is 145 Å². The molecule has 0 spiro atoms. The summed E-state index contributed by atoms with van der Waals surface area (Å²) in [7, 11) is 0. The van der Waals surface area contributed by atoms with Crippen molar-refractivity contribution in [3.8, 4) is 5.75 Å². The van der Waals surface area contributed by atoms with Gasteiger partial charge in [0.15, 0.2) is 0 Å². The van der Waals surface area contributed by atoms with Crippen LogP contribution < -0.4 is 10.5 Å². The molecule has 1 rings (SSSR count). The summed E-state index contributed by atoms with van der Waals surface area (Å²) in [4.78, 5) is 0. The molecule has 252 valence electrons. The van der Waals surface area contributed by atoms with Crippen molar-refractivity contribution >= 4 is 0 Å². The van der Waals surface area contributed by atoms with Crippen LogP contribution in [-0.2, 0) is 52.1 Å². The Balaban J connectivity index is 1.61. The van der Waals surface area contributed by atoms with Gasteiger partial charge in [0.2, 0.25) is 0 Å². The molecule has 0 saturated carbocycles. The van der Waals surface area contributed by atoms with E-state index in [4.69, 9.17) is 62.6 Å². The maximum absolute atomic E-state index is 5.55. The maximum atomic E-state index is 5.55. The van der Waals surface area contributed by atoms with Crippen LogP contribution in [0.3, 0.4) is 0 Å². The Kier molecular flexibility index (Phi) is 32.2. The van der Waals surface area contributed by atoms with Crippen molar-refractivity contribution in [2.24, 2.45) is 5.73 Å². The summed E-state index contributed by atoms with van der Waals surface area (Å²) in [5.41, 5.74) is 5.33. The second-order valence-electron chi connectivity index (χ2n) is 8.69. The van der Waals surface area contributed by atoms with Crippen LogP contribution in [0.1, 0.15) is 0 Å². The van der Waals surface area contributed by atoms with Crippen molar-refractivity contribution < 1.29 is 56.8 Å². The first-order valence-electron chi connectivity index (χ1n) is 15.2. The van der Waals surface area contributed by atoms with Crippen molar-refractivity contribution in [3.63, 3.8) is 0 Å². The average Bonchev–Trinajstić information content (AvgIpc) is 3.03. The predicted octanol–water partition coefficient (Wildman–Crippen LogP) is 1.21. The highest BCUT2D eigenvalue weighted by atomic mass is 16.6. The number of hydrogen-bond acceptors (Lipinski definition) is 13. The average molecular weight is 622 g/mol. The highest BCUT2D eigenvalue weighted by Gasteiger charge is 1.97. The molecule has 13 nitrogen and oxygen atoms in total. The fourth-order valence-corrected chi connectivity index (χ4v) is 3.12. The molecule has 1 aromatic rings. The highest BCUT2D eigenvalue weighted by Crippen LogP contribution is 2.07. The molecule has 2 N–H and O–H groups in total. The molecule has 0 amide bonds. The molecule has 0 unspecified atom stereocenters. The van der Waals surface area contributed by atoms with Crippen LogP contribution in [0.2, 0.25) is 0 Å². The fraction of sp³-hybridized carbons (Fsp3) is 0.800. The molecule has 0 atom stereocenters. The summed E-state index contributed by atoms with van der Waals surface area (Å²) in [5, 5.41) is 0. The first kappa shape index (κ1) is 39.6. The second kappa shape index (κ2) is 35.0. The van der Waals surface area contributed by atoms with Crippen LogP contribution in [0.5, 0.6) is 5.75 Å². The lowest BCUT2D eigenvalue weighted by atomic mass is 10.3. The third-order valence-corrected chi connectivity index (χ3v) is 5.22.